The van der Waals surface area contributed by atoms with E-state index >= 15 is 0 Å². The van der Waals surface area contributed by atoms with Gasteiger partial charge >= 0.3 is 0 Å². The van der Waals surface area contributed by atoms with E-state index in [0.717, 1.165) is 12.2 Å². The Morgan fingerprint density at radius 1 is 1.46 bits per heavy atom. The zero-order valence-corrected chi connectivity index (χ0v) is 9.94. The number of rotatable bonds is 1. The second kappa shape index (κ2) is 3.28. The molecule has 0 N–H and O–H groups in total. The molecule has 1 saturated heterocycles. The van der Waals surface area contributed by atoms with Crippen LogP contribution in [0, 0.1) is 0 Å². The number of carbonyl (C=O) groups is 1. The van der Waals surface area contributed by atoms with E-state index in [4.69, 9.17) is 0 Å². The zero-order valence-electron chi connectivity index (χ0n) is 9.13. The molecule has 1 aliphatic heterocycles. The van der Waals surface area contributed by atoms with Gasteiger partial charge in [0.25, 0.3) is 0 Å². The maximum absolute atomic E-state index is 11.0. The first-order valence-electron chi connectivity index (χ1n) is 4.65. The Kier molecular flexibility index (Phi) is 2.79. The predicted octanol–water partition coefficient (Wildman–Crippen LogP) is 2.14. The normalized spacial score (nSPS) is 29.2. The second-order valence-corrected chi connectivity index (χ2v) is 6.70. The molecule has 1 heterocycles. The summed E-state index contributed by atoms with van der Waals surface area (Å²) >= 11 is 1.86. The van der Waals surface area contributed by atoms with Gasteiger partial charge in [0.2, 0.25) is 0 Å². The monoisotopic (exact) mass is 201 g/mol. The molecule has 1 rings (SSSR count). The van der Waals surface area contributed by atoms with Crippen LogP contribution in [-0.4, -0.2) is 33.4 Å². The van der Waals surface area contributed by atoms with Gasteiger partial charge in [0.15, 0.2) is 0 Å². The summed E-state index contributed by atoms with van der Waals surface area (Å²) < 4.78 is 0.0645. The maximum atomic E-state index is 11.0. The quantitative estimate of drug-likeness (QED) is 0.606. The molecule has 1 fully saturated rings. The summed E-state index contributed by atoms with van der Waals surface area (Å²) in [6.07, 6.45) is 1.09. The summed E-state index contributed by atoms with van der Waals surface area (Å²) in [4.78, 5) is 13.3. The van der Waals surface area contributed by atoms with Crippen molar-refractivity contribution in [2.45, 2.75) is 50.9 Å². The van der Waals surface area contributed by atoms with Crippen LogP contribution in [0.5, 0.6) is 0 Å². The van der Waals surface area contributed by atoms with Gasteiger partial charge in [0.05, 0.1) is 6.04 Å². The molecule has 2 nitrogen and oxygen atoms in total. The summed E-state index contributed by atoms with van der Waals surface area (Å²) in [5.74, 6) is 0.958. The van der Waals surface area contributed by atoms with Crippen molar-refractivity contribution in [3.63, 3.8) is 0 Å². The van der Waals surface area contributed by atoms with Crippen LogP contribution in [0.25, 0.3) is 0 Å². The smallest absolute Gasteiger partial charge is 0.138 e. The first-order valence-corrected chi connectivity index (χ1v) is 5.63. The molecule has 0 aromatic rings. The largest absolute Gasteiger partial charge is 0.302 e. The highest BCUT2D eigenvalue weighted by molar-refractivity contribution is 8.00. The lowest BCUT2D eigenvalue weighted by Gasteiger charge is -2.36. The van der Waals surface area contributed by atoms with Gasteiger partial charge in [-0.1, -0.05) is 0 Å². The minimum absolute atomic E-state index is 0.0532. The summed E-state index contributed by atoms with van der Waals surface area (Å²) in [5.41, 5.74) is 0.0896. The predicted molar refractivity (Wildman–Crippen MR) is 58.0 cm³/mol. The second-order valence-electron chi connectivity index (χ2n) is 5.10. The Morgan fingerprint density at radius 2 is 2.00 bits per heavy atom. The molecule has 0 saturated carbocycles. The van der Waals surface area contributed by atoms with Gasteiger partial charge in [-0.25, -0.2) is 0 Å². The van der Waals surface area contributed by atoms with Crippen LogP contribution in [0.1, 0.15) is 34.6 Å². The number of nitrogens with zero attached hydrogens (tertiary/aromatic N) is 1. The molecule has 76 valence electrons. The molecule has 0 aromatic heterocycles. The Balaban J connectivity index is 2.87. The third-order valence-electron chi connectivity index (χ3n) is 2.61. The number of thioether (sulfide) groups is 1. The highest BCUT2D eigenvalue weighted by Crippen LogP contribution is 2.41. The lowest BCUT2D eigenvalue weighted by Crippen LogP contribution is -2.50. The van der Waals surface area contributed by atoms with E-state index in [-0.39, 0.29) is 16.3 Å². The number of hydrogen-bond acceptors (Lipinski definition) is 3. The van der Waals surface area contributed by atoms with Crippen LogP contribution >= 0.6 is 11.8 Å². The van der Waals surface area contributed by atoms with Crippen molar-refractivity contribution >= 4 is 18.0 Å². The molecule has 0 aliphatic carbocycles. The Bertz CT molecular complexity index is 207. The van der Waals surface area contributed by atoms with Crippen molar-refractivity contribution in [2.24, 2.45) is 0 Å². The van der Waals surface area contributed by atoms with Crippen molar-refractivity contribution in [3.8, 4) is 0 Å². The summed E-state index contributed by atoms with van der Waals surface area (Å²) in [6.45, 7) is 10.8. The van der Waals surface area contributed by atoms with E-state index in [9.17, 15) is 4.79 Å². The van der Waals surface area contributed by atoms with Gasteiger partial charge in [-0.15, -0.1) is 11.8 Å². The third kappa shape index (κ3) is 2.08. The summed E-state index contributed by atoms with van der Waals surface area (Å²) in [7, 11) is 0. The molecule has 3 heteroatoms. The zero-order chi connectivity index (χ0) is 10.3. The summed E-state index contributed by atoms with van der Waals surface area (Å²) in [6, 6.07) is 0.0532. The highest BCUT2D eigenvalue weighted by atomic mass is 32.2. The molecule has 1 aliphatic rings. The van der Waals surface area contributed by atoms with E-state index in [1.165, 1.54) is 0 Å². The average molecular weight is 201 g/mol. The van der Waals surface area contributed by atoms with E-state index in [1.807, 2.05) is 11.8 Å². The van der Waals surface area contributed by atoms with E-state index in [1.54, 1.807) is 0 Å². The molecule has 0 aromatic carbocycles. The summed E-state index contributed by atoms with van der Waals surface area (Å²) in [5, 5.41) is 0. The van der Waals surface area contributed by atoms with Crippen molar-refractivity contribution < 1.29 is 4.79 Å². The SMILES string of the molecule is CC1(C)SCN(C(C)(C)C)C1C=O. The van der Waals surface area contributed by atoms with Crippen LogP contribution in [0.3, 0.4) is 0 Å². The molecule has 13 heavy (non-hydrogen) atoms. The lowest BCUT2D eigenvalue weighted by molar-refractivity contribution is -0.114. The van der Waals surface area contributed by atoms with Gasteiger partial charge in [-0.2, -0.15) is 0 Å². The van der Waals surface area contributed by atoms with Crippen LogP contribution in [0.2, 0.25) is 0 Å². The van der Waals surface area contributed by atoms with Gasteiger partial charge in [-0.3, -0.25) is 4.90 Å². The van der Waals surface area contributed by atoms with Crippen molar-refractivity contribution in [3.05, 3.63) is 0 Å². The minimum atomic E-state index is 0.0532. The first-order chi connectivity index (χ1) is 5.79. The molecule has 1 unspecified atom stereocenters. The molecular formula is C10H19NOS. The lowest BCUT2D eigenvalue weighted by atomic mass is 9.97. The molecule has 0 bridgehead atoms. The Morgan fingerprint density at radius 3 is 2.31 bits per heavy atom. The van der Waals surface area contributed by atoms with Crippen molar-refractivity contribution in [1.29, 1.82) is 0 Å². The first kappa shape index (κ1) is 11.1. The van der Waals surface area contributed by atoms with Crippen molar-refractivity contribution in [2.75, 3.05) is 5.88 Å². The topological polar surface area (TPSA) is 20.3 Å². The molecule has 0 radical (unpaired) electrons. The van der Waals surface area contributed by atoms with Crippen LogP contribution in [0.15, 0.2) is 0 Å². The van der Waals surface area contributed by atoms with Crippen LogP contribution in [-0.2, 0) is 4.79 Å². The van der Waals surface area contributed by atoms with Crippen LogP contribution in [0.4, 0.5) is 0 Å². The van der Waals surface area contributed by atoms with Gasteiger partial charge in [0, 0.05) is 16.2 Å². The molecule has 0 amide bonds. The van der Waals surface area contributed by atoms with Crippen LogP contribution < -0.4 is 0 Å². The van der Waals surface area contributed by atoms with E-state index in [2.05, 4.69) is 39.5 Å². The van der Waals surface area contributed by atoms with Crippen molar-refractivity contribution in [1.82, 2.24) is 4.90 Å². The minimum Gasteiger partial charge on any atom is -0.302 e. The molecular weight excluding hydrogens is 182 g/mol. The number of aldehydes is 1. The average Bonchev–Trinajstić information content (AvgIpc) is 2.23. The fraction of sp³-hybridized carbons (Fsp3) is 0.900. The molecule has 0 spiro atoms. The highest BCUT2D eigenvalue weighted by Gasteiger charge is 2.45. The third-order valence-corrected chi connectivity index (χ3v) is 4.01. The molecule has 1 atom stereocenters. The van der Waals surface area contributed by atoms with Gasteiger partial charge < -0.3 is 4.79 Å². The van der Waals surface area contributed by atoms with Gasteiger partial charge in [0.1, 0.15) is 6.29 Å². The fourth-order valence-corrected chi connectivity index (χ4v) is 3.00. The Labute approximate surface area is 85.1 Å². The Hall–Kier alpha value is -0.0200. The maximum Gasteiger partial charge on any atom is 0.138 e. The fourth-order valence-electron chi connectivity index (χ4n) is 1.63. The standard InChI is InChI=1S/C10H19NOS/c1-9(2,3)11-7-13-10(4,5)8(11)6-12/h6,8H,7H2,1-5H3. The number of carbonyl (C=O) groups excluding carboxylic acids is 1. The van der Waals surface area contributed by atoms with Gasteiger partial charge in [-0.05, 0) is 34.6 Å². The van der Waals surface area contributed by atoms with E-state index < -0.39 is 0 Å². The number of hydrogen-bond donors (Lipinski definition) is 0. The van der Waals surface area contributed by atoms with E-state index in [0.29, 0.717) is 0 Å².